The molecular weight excluding hydrogens is 332 g/mol. The highest BCUT2D eigenvalue weighted by atomic mass is 32.1. The monoisotopic (exact) mass is 354 g/mol. The summed E-state index contributed by atoms with van der Waals surface area (Å²) in [6.45, 7) is 6.69. The van der Waals surface area contributed by atoms with Crippen molar-refractivity contribution in [2.24, 2.45) is 0 Å². The number of aryl methyl sites for hydroxylation is 2. The molecule has 0 radical (unpaired) electrons. The van der Waals surface area contributed by atoms with Gasteiger partial charge >= 0.3 is 0 Å². The van der Waals surface area contributed by atoms with Crippen LogP contribution in [0, 0.1) is 13.8 Å². The number of amides is 1. The highest BCUT2D eigenvalue weighted by Gasteiger charge is 2.18. The van der Waals surface area contributed by atoms with Crippen LogP contribution in [0.4, 0.5) is 5.69 Å². The lowest BCUT2D eigenvalue weighted by molar-refractivity contribution is 0.0944. The van der Waals surface area contributed by atoms with Crippen molar-refractivity contribution in [1.82, 2.24) is 14.7 Å². The van der Waals surface area contributed by atoms with Gasteiger partial charge in [-0.1, -0.05) is 12.1 Å². The van der Waals surface area contributed by atoms with Gasteiger partial charge in [0.2, 0.25) is 0 Å². The van der Waals surface area contributed by atoms with E-state index in [1.165, 1.54) is 18.5 Å². The normalized spacial score (nSPS) is 14.4. The number of hydrogen-bond acceptors (Lipinski definition) is 4. The van der Waals surface area contributed by atoms with E-state index in [0.717, 1.165) is 34.2 Å². The minimum atomic E-state index is -0.0747. The molecule has 1 saturated heterocycles. The van der Waals surface area contributed by atoms with Crippen LogP contribution in [-0.4, -0.2) is 28.4 Å². The van der Waals surface area contributed by atoms with Gasteiger partial charge in [0, 0.05) is 36.4 Å². The summed E-state index contributed by atoms with van der Waals surface area (Å²) in [6.07, 6.45) is 4.50. The van der Waals surface area contributed by atoms with Crippen LogP contribution < -0.4 is 10.2 Å². The van der Waals surface area contributed by atoms with E-state index in [1.54, 1.807) is 11.3 Å². The maximum atomic E-state index is 12.7. The van der Waals surface area contributed by atoms with Crippen molar-refractivity contribution in [1.29, 1.82) is 0 Å². The van der Waals surface area contributed by atoms with Gasteiger partial charge in [-0.25, -0.2) is 4.98 Å². The van der Waals surface area contributed by atoms with E-state index in [4.69, 9.17) is 0 Å². The molecule has 0 saturated carbocycles. The molecule has 0 bridgehead atoms. The largest absolute Gasteiger partial charge is 0.372 e. The Morgan fingerprint density at radius 3 is 2.88 bits per heavy atom. The molecule has 0 unspecified atom stereocenters. The molecule has 6 heteroatoms. The summed E-state index contributed by atoms with van der Waals surface area (Å²) < 4.78 is 1.89. The Hall–Kier alpha value is -2.34. The number of rotatable bonds is 4. The molecule has 130 valence electrons. The number of fused-ring (bicyclic) bond motifs is 1. The topological polar surface area (TPSA) is 49.6 Å². The van der Waals surface area contributed by atoms with Gasteiger partial charge in [-0.2, -0.15) is 0 Å². The predicted molar refractivity (Wildman–Crippen MR) is 102 cm³/mol. The number of imidazole rings is 1. The first-order valence-electron chi connectivity index (χ1n) is 8.69. The zero-order valence-electron chi connectivity index (χ0n) is 14.6. The van der Waals surface area contributed by atoms with Gasteiger partial charge in [-0.15, -0.1) is 11.3 Å². The molecule has 1 fully saturated rings. The molecule has 1 aliphatic heterocycles. The molecule has 1 amide bonds. The van der Waals surface area contributed by atoms with Gasteiger partial charge in [-0.3, -0.25) is 9.20 Å². The van der Waals surface area contributed by atoms with E-state index in [9.17, 15) is 4.79 Å². The average Bonchev–Trinajstić information content (AvgIpc) is 3.29. The Labute approximate surface area is 151 Å². The third kappa shape index (κ3) is 3.14. The number of carbonyl (C=O) groups excluding carboxylic acids is 1. The summed E-state index contributed by atoms with van der Waals surface area (Å²) >= 11 is 1.60. The predicted octanol–water partition coefficient (Wildman–Crippen LogP) is 3.54. The van der Waals surface area contributed by atoms with Crippen molar-refractivity contribution in [2.75, 3.05) is 18.0 Å². The lowest BCUT2D eigenvalue weighted by atomic mass is 10.2. The second kappa shape index (κ2) is 6.52. The van der Waals surface area contributed by atoms with Crippen LogP contribution in [0.15, 0.2) is 30.5 Å². The van der Waals surface area contributed by atoms with Crippen LogP contribution in [0.3, 0.4) is 0 Å². The molecule has 0 atom stereocenters. The Balaban J connectivity index is 1.49. The van der Waals surface area contributed by atoms with Crippen LogP contribution in [0.5, 0.6) is 0 Å². The van der Waals surface area contributed by atoms with Crippen LogP contribution in [0.25, 0.3) is 4.96 Å². The molecule has 5 nitrogen and oxygen atoms in total. The maximum Gasteiger partial charge on any atom is 0.270 e. The lowest BCUT2D eigenvalue weighted by Gasteiger charge is -2.18. The van der Waals surface area contributed by atoms with Crippen molar-refractivity contribution >= 4 is 27.9 Å². The zero-order valence-corrected chi connectivity index (χ0v) is 15.4. The number of thiazole rings is 1. The van der Waals surface area contributed by atoms with Crippen LogP contribution >= 0.6 is 11.3 Å². The van der Waals surface area contributed by atoms with Crippen molar-refractivity contribution in [2.45, 2.75) is 33.2 Å². The van der Waals surface area contributed by atoms with Crippen molar-refractivity contribution in [3.63, 3.8) is 0 Å². The third-order valence-corrected chi connectivity index (χ3v) is 5.56. The van der Waals surface area contributed by atoms with Gasteiger partial charge in [-0.05, 0) is 44.4 Å². The smallest absolute Gasteiger partial charge is 0.270 e. The van der Waals surface area contributed by atoms with Gasteiger partial charge in [0.1, 0.15) is 5.69 Å². The summed E-state index contributed by atoms with van der Waals surface area (Å²) in [5, 5.41) is 3.05. The summed E-state index contributed by atoms with van der Waals surface area (Å²) in [4.78, 5) is 21.6. The number of carbonyl (C=O) groups is 1. The van der Waals surface area contributed by atoms with E-state index >= 15 is 0 Å². The number of nitrogens with zero attached hydrogens (tertiary/aromatic N) is 3. The molecule has 25 heavy (non-hydrogen) atoms. The van der Waals surface area contributed by atoms with Crippen molar-refractivity contribution in [3.8, 4) is 0 Å². The SMILES string of the molecule is Cc1cn2c(C(=O)NCc3cccc(N4CCCC4)c3)c(C)nc2s1. The summed E-state index contributed by atoms with van der Waals surface area (Å²) in [7, 11) is 0. The molecule has 1 aromatic carbocycles. The van der Waals surface area contributed by atoms with E-state index in [2.05, 4.69) is 39.5 Å². The minimum Gasteiger partial charge on any atom is -0.372 e. The molecule has 2 aromatic heterocycles. The molecule has 1 aliphatic rings. The molecule has 4 rings (SSSR count). The summed E-state index contributed by atoms with van der Waals surface area (Å²) in [6, 6.07) is 8.46. The molecule has 0 spiro atoms. The molecule has 3 aromatic rings. The maximum absolute atomic E-state index is 12.7. The summed E-state index contributed by atoms with van der Waals surface area (Å²) in [5.74, 6) is -0.0747. The number of anilines is 1. The highest BCUT2D eigenvalue weighted by molar-refractivity contribution is 7.17. The third-order valence-electron chi connectivity index (χ3n) is 4.67. The van der Waals surface area contributed by atoms with Gasteiger partial charge in [0.15, 0.2) is 4.96 Å². The molecule has 3 heterocycles. The molecule has 0 aliphatic carbocycles. The Morgan fingerprint density at radius 1 is 1.28 bits per heavy atom. The fourth-order valence-corrected chi connectivity index (χ4v) is 4.31. The quantitative estimate of drug-likeness (QED) is 0.780. The first-order chi connectivity index (χ1) is 12.1. The number of aromatic nitrogens is 2. The fourth-order valence-electron chi connectivity index (χ4n) is 3.44. The van der Waals surface area contributed by atoms with Crippen LogP contribution in [0.1, 0.15) is 39.5 Å². The van der Waals surface area contributed by atoms with Crippen LogP contribution in [0.2, 0.25) is 0 Å². The van der Waals surface area contributed by atoms with Crippen molar-refractivity contribution in [3.05, 3.63) is 52.3 Å². The van der Waals surface area contributed by atoms with E-state index < -0.39 is 0 Å². The molecular formula is C19H22N4OS. The fraction of sp³-hybridized carbons (Fsp3) is 0.368. The van der Waals surface area contributed by atoms with Crippen LogP contribution in [-0.2, 0) is 6.54 Å². The number of benzene rings is 1. The zero-order chi connectivity index (χ0) is 17.4. The minimum absolute atomic E-state index is 0.0747. The standard InChI is InChI=1S/C19H22N4OS/c1-13-12-23-17(14(2)21-19(23)25-13)18(24)20-11-15-6-5-7-16(10-15)22-8-3-4-9-22/h5-7,10,12H,3-4,8-9,11H2,1-2H3,(H,20,24). The Morgan fingerprint density at radius 2 is 2.08 bits per heavy atom. The lowest BCUT2D eigenvalue weighted by Crippen LogP contribution is -2.25. The van der Waals surface area contributed by atoms with Crippen molar-refractivity contribution < 1.29 is 4.79 Å². The number of nitrogens with one attached hydrogen (secondary N) is 1. The van der Waals surface area contributed by atoms with E-state index in [1.807, 2.05) is 24.4 Å². The first kappa shape index (κ1) is 16.1. The highest BCUT2D eigenvalue weighted by Crippen LogP contribution is 2.22. The van der Waals surface area contributed by atoms with Gasteiger partial charge in [0.25, 0.3) is 5.91 Å². The second-order valence-corrected chi connectivity index (χ2v) is 7.80. The second-order valence-electron chi connectivity index (χ2n) is 6.59. The van der Waals surface area contributed by atoms with E-state index in [0.29, 0.717) is 12.2 Å². The molecule has 1 N–H and O–H groups in total. The summed E-state index contributed by atoms with van der Waals surface area (Å²) in [5.41, 5.74) is 3.78. The first-order valence-corrected chi connectivity index (χ1v) is 9.50. The van der Waals surface area contributed by atoms with E-state index in [-0.39, 0.29) is 5.91 Å². The Kier molecular flexibility index (Phi) is 4.21. The average molecular weight is 354 g/mol. The van der Waals surface area contributed by atoms with Gasteiger partial charge < -0.3 is 10.2 Å². The number of hydrogen-bond donors (Lipinski definition) is 1. The Bertz CT molecular complexity index is 921. The van der Waals surface area contributed by atoms with Gasteiger partial charge in [0.05, 0.1) is 5.69 Å².